The molecule has 0 aliphatic heterocycles. The Hall–Kier alpha value is -1.33. The highest BCUT2D eigenvalue weighted by molar-refractivity contribution is 6.29. The molecule has 0 spiro atoms. The third-order valence-electron chi connectivity index (χ3n) is 2.29. The van der Waals surface area contributed by atoms with Crippen LogP contribution in [0.2, 0.25) is 5.15 Å². The summed E-state index contributed by atoms with van der Waals surface area (Å²) < 4.78 is 0. The minimum atomic E-state index is -1.07. The van der Waals surface area contributed by atoms with Gasteiger partial charge < -0.3 is 15.5 Å². The van der Waals surface area contributed by atoms with Crippen molar-refractivity contribution in [1.82, 2.24) is 4.98 Å². The van der Waals surface area contributed by atoms with Crippen molar-refractivity contribution >= 4 is 23.4 Å². The molecule has 0 aliphatic carbocycles. The number of pyridine rings is 1. The number of rotatable bonds is 5. The maximum absolute atomic E-state index is 11.0. The summed E-state index contributed by atoms with van der Waals surface area (Å²) in [5.41, 5.74) is -0.406. The lowest BCUT2D eigenvalue weighted by Gasteiger charge is -2.26. The van der Waals surface area contributed by atoms with Crippen LogP contribution in [-0.4, -0.2) is 33.3 Å². The van der Waals surface area contributed by atoms with Gasteiger partial charge in [-0.25, -0.2) is 9.78 Å². The van der Waals surface area contributed by atoms with Crippen molar-refractivity contribution in [2.75, 3.05) is 11.9 Å². The average molecular weight is 259 g/mol. The standard InChI is InChI=1S/C11H15ClN2O3/c1-11(2,5-6-15)14-9-7(10(16)17)3-4-8(12)13-9/h3-4,15H,5-6H2,1-2H3,(H,13,14)(H,16,17). The Morgan fingerprint density at radius 1 is 1.53 bits per heavy atom. The quantitative estimate of drug-likeness (QED) is 0.704. The summed E-state index contributed by atoms with van der Waals surface area (Å²) in [7, 11) is 0. The van der Waals surface area contributed by atoms with Crippen LogP contribution in [0.5, 0.6) is 0 Å². The molecule has 17 heavy (non-hydrogen) atoms. The number of hydrogen-bond acceptors (Lipinski definition) is 4. The minimum Gasteiger partial charge on any atom is -0.478 e. The molecular weight excluding hydrogens is 244 g/mol. The van der Waals surface area contributed by atoms with Gasteiger partial charge in [-0.1, -0.05) is 11.6 Å². The van der Waals surface area contributed by atoms with Crippen LogP contribution in [0.25, 0.3) is 0 Å². The second-order valence-corrected chi connectivity index (χ2v) is 4.71. The van der Waals surface area contributed by atoms with Crippen LogP contribution in [0.3, 0.4) is 0 Å². The molecule has 0 fully saturated rings. The summed E-state index contributed by atoms with van der Waals surface area (Å²) >= 11 is 5.73. The fraction of sp³-hybridized carbons (Fsp3) is 0.455. The van der Waals surface area contributed by atoms with Crippen molar-refractivity contribution in [2.24, 2.45) is 0 Å². The topological polar surface area (TPSA) is 82.5 Å². The number of nitrogens with one attached hydrogen (secondary N) is 1. The molecule has 1 rings (SSSR count). The van der Waals surface area contributed by atoms with E-state index in [9.17, 15) is 4.79 Å². The number of carboxylic acids is 1. The molecule has 0 amide bonds. The van der Waals surface area contributed by atoms with E-state index in [1.807, 2.05) is 13.8 Å². The maximum atomic E-state index is 11.0. The molecular formula is C11H15ClN2O3. The number of aliphatic hydroxyl groups is 1. The van der Waals surface area contributed by atoms with Crippen molar-refractivity contribution in [3.63, 3.8) is 0 Å². The van der Waals surface area contributed by atoms with Crippen LogP contribution in [0.15, 0.2) is 12.1 Å². The SMILES string of the molecule is CC(C)(CCO)Nc1nc(Cl)ccc1C(=O)O. The first-order chi connectivity index (χ1) is 7.85. The molecule has 1 heterocycles. The van der Waals surface area contributed by atoms with E-state index in [2.05, 4.69) is 10.3 Å². The van der Waals surface area contributed by atoms with Gasteiger partial charge in [-0.15, -0.1) is 0 Å². The molecule has 0 radical (unpaired) electrons. The lowest BCUT2D eigenvalue weighted by Crippen LogP contribution is -2.33. The van der Waals surface area contributed by atoms with E-state index in [1.165, 1.54) is 12.1 Å². The largest absolute Gasteiger partial charge is 0.478 e. The highest BCUT2D eigenvalue weighted by Crippen LogP contribution is 2.22. The Morgan fingerprint density at radius 2 is 2.18 bits per heavy atom. The molecule has 0 atom stereocenters. The van der Waals surface area contributed by atoms with Crippen molar-refractivity contribution in [3.05, 3.63) is 22.8 Å². The third kappa shape index (κ3) is 3.87. The first-order valence-electron chi connectivity index (χ1n) is 5.14. The van der Waals surface area contributed by atoms with Gasteiger partial charge in [0, 0.05) is 12.1 Å². The number of hydrogen-bond donors (Lipinski definition) is 3. The molecule has 0 unspecified atom stereocenters. The molecule has 0 saturated heterocycles. The molecule has 94 valence electrons. The Bertz CT molecular complexity index is 421. The summed E-state index contributed by atoms with van der Waals surface area (Å²) in [6.45, 7) is 3.69. The van der Waals surface area contributed by atoms with Crippen molar-refractivity contribution in [1.29, 1.82) is 0 Å². The van der Waals surface area contributed by atoms with Crippen molar-refractivity contribution in [3.8, 4) is 0 Å². The number of carboxylic acid groups (broad SMARTS) is 1. The van der Waals surface area contributed by atoms with Gasteiger partial charge in [-0.2, -0.15) is 0 Å². The zero-order valence-electron chi connectivity index (χ0n) is 9.70. The number of anilines is 1. The zero-order valence-corrected chi connectivity index (χ0v) is 10.5. The van der Waals surface area contributed by atoms with Crippen LogP contribution in [-0.2, 0) is 0 Å². The van der Waals surface area contributed by atoms with Gasteiger partial charge in [0.1, 0.15) is 16.5 Å². The van der Waals surface area contributed by atoms with Crippen LogP contribution in [0.4, 0.5) is 5.82 Å². The fourth-order valence-corrected chi connectivity index (χ4v) is 1.51. The second-order valence-electron chi connectivity index (χ2n) is 4.32. The first-order valence-corrected chi connectivity index (χ1v) is 5.52. The van der Waals surface area contributed by atoms with Crippen molar-refractivity contribution in [2.45, 2.75) is 25.8 Å². The van der Waals surface area contributed by atoms with Gasteiger partial charge >= 0.3 is 5.97 Å². The molecule has 0 saturated carbocycles. The number of aromatic carboxylic acids is 1. The predicted octanol–water partition coefficient (Wildman–Crippen LogP) is 2.01. The molecule has 6 heteroatoms. The van der Waals surface area contributed by atoms with E-state index in [0.717, 1.165) is 0 Å². The Morgan fingerprint density at radius 3 is 2.71 bits per heavy atom. The maximum Gasteiger partial charge on any atom is 0.339 e. The zero-order chi connectivity index (χ0) is 13.1. The van der Waals surface area contributed by atoms with E-state index in [-0.39, 0.29) is 23.1 Å². The van der Waals surface area contributed by atoms with E-state index < -0.39 is 11.5 Å². The minimum absolute atomic E-state index is 0.00295. The van der Waals surface area contributed by atoms with E-state index in [0.29, 0.717) is 6.42 Å². The second kappa shape index (κ2) is 5.33. The lowest BCUT2D eigenvalue weighted by molar-refractivity contribution is 0.0697. The molecule has 1 aromatic rings. The van der Waals surface area contributed by atoms with Crippen LogP contribution in [0, 0.1) is 0 Å². The Labute approximate surface area is 104 Å². The number of halogens is 1. The predicted molar refractivity (Wildman–Crippen MR) is 65.6 cm³/mol. The molecule has 0 aromatic carbocycles. The van der Waals surface area contributed by atoms with Gasteiger partial charge in [0.2, 0.25) is 0 Å². The van der Waals surface area contributed by atoms with Gasteiger partial charge in [0.25, 0.3) is 0 Å². The summed E-state index contributed by atoms with van der Waals surface area (Å²) in [4.78, 5) is 15.0. The highest BCUT2D eigenvalue weighted by Gasteiger charge is 2.21. The van der Waals surface area contributed by atoms with Crippen LogP contribution in [0.1, 0.15) is 30.6 Å². The Kier molecular flexibility index (Phi) is 4.31. The summed E-state index contributed by atoms with van der Waals surface area (Å²) in [5, 5.41) is 21.1. The highest BCUT2D eigenvalue weighted by atomic mass is 35.5. The third-order valence-corrected chi connectivity index (χ3v) is 2.50. The van der Waals surface area contributed by atoms with Gasteiger partial charge in [-0.05, 0) is 32.4 Å². The van der Waals surface area contributed by atoms with Crippen LogP contribution >= 0.6 is 11.6 Å². The van der Waals surface area contributed by atoms with Gasteiger partial charge in [-0.3, -0.25) is 0 Å². The molecule has 5 nitrogen and oxygen atoms in total. The number of carbonyl (C=O) groups is 1. The smallest absolute Gasteiger partial charge is 0.339 e. The first kappa shape index (κ1) is 13.7. The summed E-state index contributed by atoms with van der Waals surface area (Å²) in [5.74, 6) is -0.861. The number of nitrogens with zero attached hydrogens (tertiary/aromatic N) is 1. The van der Waals surface area contributed by atoms with Crippen LogP contribution < -0.4 is 5.32 Å². The van der Waals surface area contributed by atoms with E-state index in [4.69, 9.17) is 21.8 Å². The van der Waals surface area contributed by atoms with Crippen molar-refractivity contribution < 1.29 is 15.0 Å². The normalized spacial score (nSPS) is 11.3. The fourth-order valence-electron chi connectivity index (χ4n) is 1.37. The molecule has 0 aliphatic rings. The van der Waals surface area contributed by atoms with E-state index in [1.54, 1.807) is 0 Å². The summed E-state index contributed by atoms with van der Waals surface area (Å²) in [6.07, 6.45) is 0.472. The Balaban J connectivity index is 3.04. The lowest BCUT2D eigenvalue weighted by atomic mass is 10.0. The average Bonchev–Trinajstić information content (AvgIpc) is 2.15. The van der Waals surface area contributed by atoms with E-state index >= 15 is 0 Å². The summed E-state index contributed by atoms with van der Waals surface area (Å²) in [6, 6.07) is 2.82. The molecule has 0 bridgehead atoms. The monoisotopic (exact) mass is 258 g/mol. The molecule has 1 aromatic heterocycles. The van der Waals surface area contributed by atoms with Gasteiger partial charge in [0.15, 0.2) is 0 Å². The number of aliphatic hydroxyl groups excluding tert-OH is 1. The van der Waals surface area contributed by atoms with Gasteiger partial charge in [0.05, 0.1) is 0 Å². The molecule has 3 N–H and O–H groups in total. The number of aromatic nitrogens is 1.